The summed E-state index contributed by atoms with van der Waals surface area (Å²) in [5, 5.41) is 0.926. The molecule has 0 N–H and O–H groups in total. The molecule has 44 heavy (non-hydrogen) atoms. The average molecular weight is 615 g/mol. The Balaban J connectivity index is 1.47. The van der Waals surface area contributed by atoms with E-state index in [9.17, 15) is 14.4 Å². The molecular formula is C33H34N4O6S. The second-order valence-electron chi connectivity index (χ2n) is 11.0. The molecule has 228 valence electrons. The molecule has 1 saturated heterocycles. The number of hydrogen-bond acceptors (Lipinski definition) is 8. The van der Waals surface area contributed by atoms with Gasteiger partial charge in [0.15, 0.2) is 4.80 Å². The largest absolute Gasteiger partial charge is 0.497 e. The van der Waals surface area contributed by atoms with Crippen LogP contribution in [0.15, 0.2) is 75.8 Å². The Morgan fingerprint density at radius 2 is 1.91 bits per heavy atom. The zero-order valence-electron chi connectivity index (χ0n) is 25.1. The van der Waals surface area contributed by atoms with Crippen LogP contribution in [0.2, 0.25) is 0 Å². The number of amides is 1. The minimum Gasteiger partial charge on any atom is -0.497 e. The molecule has 0 unspecified atom stereocenters. The molecule has 2 aliphatic heterocycles. The number of allylic oxidation sites excluding steroid dienone is 1. The van der Waals surface area contributed by atoms with Crippen molar-refractivity contribution in [2.45, 2.75) is 39.5 Å². The number of nitrogens with zero attached hydrogens (tertiary/aromatic N) is 4. The monoisotopic (exact) mass is 614 g/mol. The Bertz CT molecular complexity index is 1960. The van der Waals surface area contributed by atoms with E-state index in [-0.39, 0.29) is 24.1 Å². The van der Waals surface area contributed by atoms with Gasteiger partial charge in [-0.2, -0.15) is 0 Å². The predicted molar refractivity (Wildman–Crippen MR) is 167 cm³/mol. The molecule has 4 heterocycles. The van der Waals surface area contributed by atoms with Crippen LogP contribution in [0.4, 0.5) is 0 Å². The fourth-order valence-corrected chi connectivity index (χ4v) is 6.75. The van der Waals surface area contributed by atoms with Gasteiger partial charge < -0.3 is 23.7 Å². The van der Waals surface area contributed by atoms with Gasteiger partial charge in [0.2, 0.25) is 5.91 Å². The summed E-state index contributed by atoms with van der Waals surface area (Å²) in [5.74, 6) is 0.112. The van der Waals surface area contributed by atoms with Gasteiger partial charge in [0.1, 0.15) is 12.3 Å². The molecule has 4 aromatic rings. The van der Waals surface area contributed by atoms with E-state index in [4.69, 9.17) is 19.2 Å². The number of fused-ring (bicyclic) bond motifs is 2. The van der Waals surface area contributed by atoms with Crippen LogP contribution in [-0.2, 0) is 25.6 Å². The topological polar surface area (TPSA) is 104 Å². The van der Waals surface area contributed by atoms with E-state index in [1.54, 1.807) is 32.4 Å². The molecule has 0 aliphatic carbocycles. The molecule has 1 fully saturated rings. The summed E-state index contributed by atoms with van der Waals surface area (Å²) in [6.07, 6.45) is 3.42. The first-order chi connectivity index (χ1) is 21.2. The minimum atomic E-state index is -0.748. The summed E-state index contributed by atoms with van der Waals surface area (Å²) in [4.78, 5) is 47.7. The van der Waals surface area contributed by atoms with Gasteiger partial charge in [0.05, 0.1) is 48.3 Å². The highest BCUT2D eigenvalue weighted by Crippen LogP contribution is 2.32. The number of carbonyl (C=O) groups is 2. The van der Waals surface area contributed by atoms with Crippen molar-refractivity contribution < 1.29 is 23.8 Å². The van der Waals surface area contributed by atoms with Gasteiger partial charge >= 0.3 is 5.97 Å². The van der Waals surface area contributed by atoms with Gasteiger partial charge in [-0.1, -0.05) is 41.7 Å². The van der Waals surface area contributed by atoms with E-state index in [1.807, 2.05) is 70.3 Å². The van der Waals surface area contributed by atoms with Crippen LogP contribution in [0.25, 0.3) is 17.0 Å². The molecule has 0 bridgehead atoms. The number of methoxy groups -OCH3 is 1. The van der Waals surface area contributed by atoms with Gasteiger partial charge in [-0.3, -0.25) is 14.2 Å². The van der Waals surface area contributed by atoms with Gasteiger partial charge in [0, 0.05) is 35.8 Å². The number of morpholine rings is 1. The zero-order chi connectivity index (χ0) is 31.0. The summed E-state index contributed by atoms with van der Waals surface area (Å²) in [6, 6.07) is 14.4. The second-order valence-corrected chi connectivity index (χ2v) is 12.0. The zero-order valence-corrected chi connectivity index (χ0v) is 25.9. The molecule has 1 atom stereocenters. The molecule has 6 rings (SSSR count). The minimum absolute atomic E-state index is 0.0227. The van der Waals surface area contributed by atoms with Crippen molar-refractivity contribution in [2.24, 2.45) is 4.99 Å². The van der Waals surface area contributed by atoms with E-state index >= 15 is 0 Å². The van der Waals surface area contributed by atoms with Crippen LogP contribution < -0.4 is 19.6 Å². The van der Waals surface area contributed by atoms with E-state index in [0.717, 1.165) is 16.5 Å². The van der Waals surface area contributed by atoms with Crippen molar-refractivity contribution in [3.8, 4) is 5.75 Å². The predicted octanol–water partition coefficient (Wildman–Crippen LogP) is 3.01. The summed E-state index contributed by atoms with van der Waals surface area (Å²) in [7, 11) is 1.57. The van der Waals surface area contributed by atoms with Crippen LogP contribution >= 0.6 is 11.3 Å². The van der Waals surface area contributed by atoms with E-state index < -0.39 is 12.0 Å². The molecule has 2 aliphatic rings. The highest BCUT2D eigenvalue weighted by atomic mass is 32.1. The van der Waals surface area contributed by atoms with Gasteiger partial charge in [-0.25, -0.2) is 9.79 Å². The van der Waals surface area contributed by atoms with Crippen molar-refractivity contribution in [3.05, 3.63) is 96.8 Å². The van der Waals surface area contributed by atoms with Gasteiger partial charge in [0.25, 0.3) is 5.56 Å². The number of aromatic nitrogens is 2. The fraction of sp³-hybridized carbons (Fsp3) is 0.333. The number of para-hydroxylation sites is 1. The van der Waals surface area contributed by atoms with Gasteiger partial charge in [-0.15, -0.1) is 0 Å². The molecule has 0 saturated carbocycles. The lowest BCUT2D eigenvalue weighted by Crippen LogP contribution is -2.42. The Labute approximate surface area is 258 Å². The first-order valence-corrected chi connectivity index (χ1v) is 15.4. The molecular weight excluding hydrogens is 580 g/mol. The molecule has 1 amide bonds. The number of hydrogen-bond donors (Lipinski definition) is 0. The number of esters is 1. The number of ether oxygens (including phenoxy) is 3. The summed E-state index contributed by atoms with van der Waals surface area (Å²) in [5.41, 5.74) is 2.95. The number of benzene rings is 2. The Morgan fingerprint density at radius 3 is 2.66 bits per heavy atom. The normalized spacial score (nSPS) is 17.2. The van der Waals surface area contributed by atoms with Crippen molar-refractivity contribution in [1.82, 2.24) is 14.0 Å². The maximum atomic E-state index is 14.2. The van der Waals surface area contributed by atoms with Crippen molar-refractivity contribution in [2.75, 3.05) is 33.4 Å². The van der Waals surface area contributed by atoms with Crippen molar-refractivity contribution in [1.29, 1.82) is 0 Å². The second kappa shape index (κ2) is 12.3. The van der Waals surface area contributed by atoms with E-state index in [0.29, 0.717) is 58.2 Å². The summed E-state index contributed by atoms with van der Waals surface area (Å²) in [6.45, 7) is 7.75. The third kappa shape index (κ3) is 5.60. The molecule has 10 nitrogen and oxygen atoms in total. The van der Waals surface area contributed by atoms with Crippen molar-refractivity contribution >= 4 is 40.2 Å². The SMILES string of the molecule is COc1cccc([C@H]2C(C(=O)OC(C)C)=C(C)N=c3s/c(=C\c4cn(CC(=O)N5CCOCC5)c5ccccc45)c(=O)n32)c1. The quantitative estimate of drug-likeness (QED) is 0.297. The Morgan fingerprint density at radius 1 is 1.14 bits per heavy atom. The van der Waals surface area contributed by atoms with E-state index in [2.05, 4.69) is 0 Å². The molecule has 2 aromatic heterocycles. The van der Waals surface area contributed by atoms with Crippen LogP contribution in [0.5, 0.6) is 5.75 Å². The molecule has 0 spiro atoms. The number of carbonyl (C=O) groups excluding carboxylic acids is 2. The lowest BCUT2D eigenvalue weighted by atomic mass is 9.95. The average Bonchev–Trinajstić information content (AvgIpc) is 3.52. The molecule has 11 heteroatoms. The smallest absolute Gasteiger partial charge is 0.338 e. The number of thiazole rings is 1. The fourth-order valence-electron chi connectivity index (χ4n) is 5.71. The Hall–Kier alpha value is -4.48. The molecule has 2 aromatic carbocycles. The number of rotatable bonds is 7. The lowest BCUT2D eigenvalue weighted by Gasteiger charge is -2.27. The third-order valence-electron chi connectivity index (χ3n) is 7.77. The van der Waals surface area contributed by atoms with Crippen molar-refractivity contribution in [3.63, 3.8) is 0 Å². The van der Waals surface area contributed by atoms with Crippen LogP contribution in [0, 0.1) is 0 Å². The van der Waals surface area contributed by atoms with Crippen LogP contribution in [-0.4, -0.2) is 65.4 Å². The van der Waals surface area contributed by atoms with Crippen LogP contribution in [0.3, 0.4) is 0 Å². The Kier molecular flexibility index (Phi) is 8.24. The summed E-state index contributed by atoms with van der Waals surface area (Å²) < 4.78 is 20.4. The lowest BCUT2D eigenvalue weighted by molar-refractivity contribution is -0.143. The van der Waals surface area contributed by atoms with E-state index in [1.165, 1.54) is 11.3 Å². The highest BCUT2D eigenvalue weighted by Gasteiger charge is 2.34. The maximum absolute atomic E-state index is 14.2. The highest BCUT2D eigenvalue weighted by molar-refractivity contribution is 7.07. The maximum Gasteiger partial charge on any atom is 0.338 e. The standard InChI is InChI=1S/C33H34N4O6S/c1-20(2)43-32(40)29-21(3)34-33-37(30(29)22-8-7-9-24(16-22)41-4)31(39)27(44-33)17-23-18-36(26-11-6-5-10-25(23)26)19-28(38)35-12-14-42-15-13-35/h5-11,16-18,20,30H,12-15,19H2,1-4H3/b27-17-/t30-/m0/s1. The molecule has 0 radical (unpaired) electrons. The first-order valence-electron chi connectivity index (χ1n) is 14.6. The first kappa shape index (κ1) is 29.6. The summed E-state index contributed by atoms with van der Waals surface area (Å²) >= 11 is 1.26. The van der Waals surface area contributed by atoms with Gasteiger partial charge in [-0.05, 0) is 50.6 Å². The van der Waals surface area contributed by atoms with Crippen LogP contribution in [0.1, 0.15) is 37.9 Å². The third-order valence-corrected chi connectivity index (χ3v) is 8.75.